The SMILES string of the molecule is CCOC(=O)CC(=O)N1CCC(C2CCN(C(=S)NC3OCC(OC(C)=O)C(OC(C)=O)C3OC(C)=O)CC2)CC1. The van der Waals surface area contributed by atoms with Crippen molar-refractivity contribution in [3.8, 4) is 0 Å². The molecule has 4 atom stereocenters. The second-order valence-corrected chi connectivity index (χ2v) is 10.9. The van der Waals surface area contributed by atoms with Gasteiger partial charge in [-0.1, -0.05) is 0 Å². The zero-order valence-corrected chi connectivity index (χ0v) is 24.9. The van der Waals surface area contributed by atoms with E-state index in [1.165, 1.54) is 20.8 Å². The summed E-state index contributed by atoms with van der Waals surface area (Å²) < 4.78 is 26.8. The van der Waals surface area contributed by atoms with Crippen LogP contribution in [0.3, 0.4) is 0 Å². The Balaban J connectivity index is 1.52. The van der Waals surface area contributed by atoms with Gasteiger partial charge < -0.3 is 38.8 Å². The topological polar surface area (TPSA) is 150 Å². The van der Waals surface area contributed by atoms with Gasteiger partial charge in [-0.3, -0.25) is 24.0 Å². The van der Waals surface area contributed by atoms with Crippen molar-refractivity contribution in [3.63, 3.8) is 0 Å². The molecule has 0 aromatic heterocycles. The van der Waals surface area contributed by atoms with Crippen molar-refractivity contribution < 1.29 is 47.7 Å². The lowest BCUT2D eigenvalue weighted by Gasteiger charge is -2.43. The highest BCUT2D eigenvalue weighted by atomic mass is 32.1. The van der Waals surface area contributed by atoms with E-state index < -0.39 is 48.4 Å². The molecular weight excluding hydrogens is 558 g/mol. The van der Waals surface area contributed by atoms with Gasteiger partial charge >= 0.3 is 23.9 Å². The van der Waals surface area contributed by atoms with E-state index in [0.717, 1.165) is 25.7 Å². The Morgan fingerprint density at radius 2 is 1.32 bits per heavy atom. The first-order valence-corrected chi connectivity index (χ1v) is 14.5. The minimum absolute atomic E-state index is 0.0847. The molecular formula is C27H41N3O10S. The van der Waals surface area contributed by atoms with Crippen LogP contribution in [0.1, 0.15) is 59.8 Å². The number of thiocarbonyl (C=S) groups is 1. The molecule has 1 amide bonds. The number of likely N-dealkylation sites (tertiary alicyclic amines) is 2. The van der Waals surface area contributed by atoms with Crippen molar-refractivity contribution in [1.29, 1.82) is 0 Å². The molecule has 14 heteroatoms. The van der Waals surface area contributed by atoms with Crippen LogP contribution in [0.15, 0.2) is 0 Å². The normalized spacial score (nSPS) is 25.6. The fourth-order valence-corrected chi connectivity index (χ4v) is 6.02. The predicted octanol–water partition coefficient (Wildman–Crippen LogP) is 0.916. The molecule has 1 N–H and O–H groups in total. The maximum atomic E-state index is 12.4. The standard InChI is InChI=1S/C27H41N3O10S/c1-5-36-23(35)14-22(34)29-10-6-19(7-11-29)20-8-12-30(13-9-20)27(41)28-26-25(40-18(4)33)24(39-17(3)32)21(15-37-26)38-16(2)31/h19-21,24-26H,5-15H2,1-4H3,(H,28,41). The van der Waals surface area contributed by atoms with Crippen LogP contribution in [0.2, 0.25) is 0 Å². The molecule has 0 saturated carbocycles. The maximum Gasteiger partial charge on any atom is 0.315 e. The summed E-state index contributed by atoms with van der Waals surface area (Å²) in [5.41, 5.74) is 0. The van der Waals surface area contributed by atoms with Crippen LogP contribution in [-0.2, 0) is 47.7 Å². The fraction of sp³-hybridized carbons (Fsp3) is 0.778. The number of rotatable bonds is 8. The molecule has 0 aromatic carbocycles. The van der Waals surface area contributed by atoms with Crippen molar-refractivity contribution in [1.82, 2.24) is 15.1 Å². The quantitative estimate of drug-likeness (QED) is 0.182. The van der Waals surface area contributed by atoms with Gasteiger partial charge in [-0.25, -0.2) is 0 Å². The first-order chi connectivity index (χ1) is 19.5. The number of hydrogen-bond donors (Lipinski definition) is 1. The second-order valence-electron chi connectivity index (χ2n) is 10.5. The molecule has 3 heterocycles. The minimum atomic E-state index is -1.10. The third-order valence-corrected chi connectivity index (χ3v) is 7.98. The van der Waals surface area contributed by atoms with E-state index in [9.17, 15) is 24.0 Å². The van der Waals surface area contributed by atoms with E-state index in [1.807, 2.05) is 4.90 Å². The third-order valence-electron chi connectivity index (χ3n) is 7.60. The van der Waals surface area contributed by atoms with Crippen molar-refractivity contribution in [2.24, 2.45) is 11.8 Å². The van der Waals surface area contributed by atoms with E-state index in [1.54, 1.807) is 11.8 Å². The van der Waals surface area contributed by atoms with Gasteiger partial charge in [0.2, 0.25) is 5.91 Å². The van der Waals surface area contributed by atoms with E-state index in [-0.39, 0.29) is 25.5 Å². The van der Waals surface area contributed by atoms with Crippen LogP contribution in [0, 0.1) is 11.8 Å². The summed E-state index contributed by atoms with van der Waals surface area (Å²) in [7, 11) is 0. The van der Waals surface area contributed by atoms with Crippen LogP contribution in [-0.4, -0.2) is 109 Å². The average molecular weight is 600 g/mol. The number of nitrogens with zero attached hydrogens (tertiary/aromatic N) is 2. The summed E-state index contributed by atoms with van der Waals surface area (Å²) in [6.07, 6.45) is -0.620. The second kappa shape index (κ2) is 15.3. The molecule has 3 saturated heterocycles. The number of hydrogen-bond acceptors (Lipinski definition) is 11. The molecule has 3 fully saturated rings. The van der Waals surface area contributed by atoms with Gasteiger partial charge in [-0.05, 0) is 56.7 Å². The predicted molar refractivity (Wildman–Crippen MR) is 147 cm³/mol. The minimum Gasteiger partial charge on any atom is -0.466 e. The Morgan fingerprint density at radius 3 is 1.83 bits per heavy atom. The van der Waals surface area contributed by atoms with Crippen LogP contribution < -0.4 is 5.32 Å². The third kappa shape index (κ3) is 9.52. The van der Waals surface area contributed by atoms with Gasteiger partial charge in [-0.2, -0.15) is 0 Å². The Kier molecular flexibility index (Phi) is 12.1. The Morgan fingerprint density at radius 1 is 0.805 bits per heavy atom. The van der Waals surface area contributed by atoms with Crippen molar-refractivity contribution in [2.45, 2.75) is 84.3 Å². The zero-order chi connectivity index (χ0) is 30.1. The Labute approximate surface area is 245 Å². The summed E-state index contributed by atoms with van der Waals surface area (Å²) in [6, 6.07) is 0. The Bertz CT molecular complexity index is 978. The number of piperidine rings is 2. The number of ether oxygens (including phenoxy) is 5. The maximum absolute atomic E-state index is 12.4. The molecule has 3 aliphatic rings. The number of carbonyl (C=O) groups excluding carboxylic acids is 5. The molecule has 0 aromatic rings. The van der Waals surface area contributed by atoms with E-state index in [0.29, 0.717) is 43.1 Å². The highest BCUT2D eigenvalue weighted by Crippen LogP contribution is 2.33. The number of carbonyl (C=O) groups is 5. The highest BCUT2D eigenvalue weighted by Gasteiger charge is 2.47. The first-order valence-electron chi connectivity index (χ1n) is 14.1. The molecule has 230 valence electrons. The first kappa shape index (κ1) is 32.5. The van der Waals surface area contributed by atoms with Gasteiger partial charge in [0, 0.05) is 47.0 Å². The van der Waals surface area contributed by atoms with E-state index in [2.05, 4.69) is 5.32 Å². The largest absolute Gasteiger partial charge is 0.466 e. The highest BCUT2D eigenvalue weighted by molar-refractivity contribution is 7.80. The molecule has 13 nitrogen and oxygen atoms in total. The van der Waals surface area contributed by atoms with Crippen LogP contribution >= 0.6 is 12.2 Å². The summed E-state index contributed by atoms with van der Waals surface area (Å²) >= 11 is 5.66. The van der Waals surface area contributed by atoms with Gasteiger partial charge in [0.05, 0.1) is 13.2 Å². The molecule has 3 rings (SSSR count). The lowest BCUT2D eigenvalue weighted by atomic mass is 9.79. The van der Waals surface area contributed by atoms with Gasteiger partial charge in [-0.15, -0.1) is 0 Å². The lowest BCUT2D eigenvalue weighted by Crippen LogP contribution is -2.63. The van der Waals surface area contributed by atoms with Crippen molar-refractivity contribution >= 4 is 47.1 Å². The zero-order valence-electron chi connectivity index (χ0n) is 24.1. The number of esters is 4. The van der Waals surface area contributed by atoms with E-state index >= 15 is 0 Å². The van der Waals surface area contributed by atoms with Gasteiger partial charge in [0.25, 0.3) is 0 Å². The monoisotopic (exact) mass is 599 g/mol. The summed E-state index contributed by atoms with van der Waals surface area (Å²) in [6.45, 7) is 8.26. The molecule has 0 aliphatic carbocycles. The molecule has 3 aliphatic heterocycles. The molecule has 4 unspecified atom stereocenters. The fourth-order valence-electron chi connectivity index (χ4n) is 5.72. The number of nitrogens with one attached hydrogen (secondary N) is 1. The molecule has 0 bridgehead atoms. The molecule has 0 spiro atoms. The smallest absolute Gasteiger partial charge is 0.315 e. The van der Waals surface area contributed by atoms with Crippen LogP contribution in [0.25, 0.3) is 0 Å². The van der Waals surface area contributed by atoms with Crippen LogP contribution in [0.4, 0.5) is 0 Å². The molecule has 41 heavy (non-hydrogen) atoms. The number of amides is 1. The lowest BCUT2D eigenvalue weighted by molar-refractivity contribution is -0.227. The van der Waals surface area contributed by atoms with Gasteiger partial charge in [0.1, 0.15) is 6.42 Å². The van der Waals surface area contributed by atoms with Gasteiger partial charge in [0.15, 0.2) is 29.7 Å². The average Bonchev–Trinajstić information content (AvgIpc) is 2.91. The summed E-state index contributed by atoms with van der Waals surface area (Å²) in [4.78, 5) is 63.1. The van der Waals surface area contributed by atoms with Crippen LogP contribution in [0.5, 0.6) is 0 Å². The Hall–Kier alpha value is -3.00. The van der Waals surface area contributed by atoms with E-state index in [4.69, 9.17) is 35.9 Å². The van der Waals surface area contributed by atoms with Crippen molar-refractivity contribution in [2.75, 3.05) is 39.4 Å². The summed E-state index contributed by atoms with van der Waals surface area (Å²) in [5, 5.41) is 3.52. The summed E-state index contributed by atoms with van der Waals surface area (Å²) in [5.74, 6) is -1.51. The van der Waals surface area contributed by atoms with Crippen molar-refractivity contribution in [3.05, 3.63) is 0 Å². The molecule has 0 radical (unpaired) electrons.